The van der Waals surface area contributed by atoms with Gasteiger partial charge in [0.2, 0.25) is 0 Å². The van der Waals surface area contributed by atoms with Gasteiger partial charge < -0.3 is 18.6 Å². The first-order chi connectivity index (χ1) is 20.4. The molecule has 0 unspecified atom stereocenters. The predicted octanol–water partition coefficient (Wildman–Crippen LogP) is 8.28. The summed E-state index contributed by atoms with van der Waals surface area (Å²) in [5.74, 6) is 0.751. The van der Waals surface area contributed by atoms with Gasteiger partial charge in [0.05, 0.1) is 14.2 Å². The number of methoxy groups -OCH3 is 2. The van der Waals surface area contributed by atoms with Gasteiger partial charge in [-0.15, -0.1) is 0 Å². The van der Waals surface area contributed by atoms with E-state index in [1.807, 2.05) is 6.07 Å². The largest absolute Gasteiger partial charge is 0.497 e. The summed E-state index contributed by atoms with van der Waals surface area (Å²) in [6, 6.07) is 27.6. The summed E-state index contributed by atoms with van der Waals surface area (Å²) in [5.41, 5.74) is 2.56. The highest BCUT2D eigenvalue weighted by Crippen LogP contribution is 2.41. The van der Waals surface area contributed by atoms with E-state index < -0.39 is 17.3 Å². The lowest BCUT2D eigenvalue weighted by Gasteiger charge is -2.15. The summed E-state index contributed by atoms with van der Waals surface area (Å²) in [7, 11) is 3.00. The Morgan fingerprint density at radius 2 is 1.40 bits per heavy atom. The fourth-order valence-corrected chi connectivity index (χ4v) is 4.68. The van der Waals surface area contributed by atoms with Gasteiger partial charge in [-0.25, -0.2) is 18.6 Å². The monoisotopic (exact) mass is 563 g/mol. The minimum Gasteiger partial charge on any atom is -0.497 e. The average Bonchev–Trinajstić information content (AvgIpc) is 3.01. The fraction of sp³-hybridized carbons (Fsp3) is 0.0588. The molecule has 0 spiro atoms. The summed E-state index contributed by atoms with van der Waals surface area (Å²) in [4.78, 5) is 17.5. The molecule has 1 heterocycles. The van der Waals surface area contributed by atoms with Gasteiger partial charge in [-0.05, 0) is 60.2 Å². The van der Waals surface area contributed by atoms with Crippen molar-refractivity contribution in [2.24, 2.45) is 0 Å². The standard InChI is InChI=1S/C34H23F2NO5/c1-39-24-13-14-28(36)25(17-24)20-8-11-23(12-9-20)41-31-19-32-29(18-27(31)26-16-22(35)10-15-30(26)40-2)37-33(34(38)42-32)21-6-4-3-5-7-21/h3-19H,1-2H3. The molecule has 0 aliphatic rings. The molecule has 0 amide bonds. The van der Waals surface area contributed by atoms with Crippen molar-refractivity contribution in [2.45, 2.75) is 0 Å². The Bertz CT molecular complexity index is 1970. The highest BCUT2D eigenvalue weighted by atomic mass is 19.1. The molecule has 5 aromatic carbocycles. The van der Waals surface area contributed by atoms with Gasteiger partial charge >= 0.3 is 5.63 Å². The van der Waals surface area contributed by atoms with Crippen molar-refractivity contribution in [1.29, 1.82) is 0 Å². The summed E-state index contributed by atoms with van der Waals surface area (Å²) < 4.78 is 51.6. The first-order valence-corrected chi connectivity index (χ1v) is 12.9. The van der Waals surface area contributed by atoms with E-state index in [0.29, 0.717) is 50.6 Å². The number of aromatic nitrogens is 1. The van der Waals surface area contributed by atoms with E-state index in [4.69, 9.17) is 18.6 Å². The van der Waals surface area contributed by atoms with Gasteiger partial charge in [-0.1, -0.05) is 42.5 Å². The molecule has 0 atom stereocenters. The summed E-state index contributed by atoms with van der Waals surface area (Å²) in [6.07, 6.45) is 0. The maximum Gasteiger partial charge on any atom is 0.363 e. The first-order valence-electron chi connectivity index (χ1n) is 12.9. The Balaban J connectivity index is 1.47. The second-order valence-corrected chi connectivity index (χ2v) is 9.35. The molecule has 1 aromatic heterocycles. The van der Waals surface area contributed by atoms with E-state index in [1.54, 1.807) is 66.7 Å². The molecule has 6 nitrogen and oxygen atoms in total. The van der Waals surface area contributed by atoms with Crippen LogP contribution in [-0.2, 0) is 0 Å². The lowest BCUT2D eigenvalue weighted by atomic mass is 10.0. The molecule has 42 heavy (non-hydrogen) atoms. The van der Waals surface area contributed by atoms with E-state index in [0.717, 1.165) is 0 Å². The number of rotatable bonds is 7. The predicted molar refractivity (Wildman–Crippen MR) is 156 cm³/mol. The molecular weight excluding hydrogens is 540 g/mol. The van der Waals surface area contributed by atoms with Crippen molar-refractivity contribution < 1.29 is 27.4 Å². The van der Waals surface area contributed by atoms with Crippen LogP contribution >= 0.6 is 0 Å². The smallest absolute Gasteiger partial charge is 0.363 e. The summed E-state index contributed by atoms with van der Waals surface area (Å²) >= 11 is 0. The molecule has 208 valence electrons. The quantitative estimate of drug-likeness (QED) is 0.195. The van der Waals surface area contributed by atoms with Gasteiger partial charge in [-0.2, -0.15) is 0 Å². The number of hydrogen-bond donors (Lipinski definition) is 0. The molecule has 0 saturated carbocycles. The van der Waals surface area contributed by atoms with Gasteiger partial charge in [0.25, 0.3) is 0 Å². The van der Waals surface area contributed by atoms with Gasteiger partial charge in [0.15, 0.2) is 11.3 Å². The zero-order valence-electron chi connectivity index (χ0n) is 22.6. The normalized spacial score (nSPS) is 11.0. The first kappa shape index (κ1) is 26.7. The van der Waals surface area contributed by atoms with Crippen LogP contribution in [0.25, 0.3) is 44.6 Å². The van der Waals surface area contributed by atoms with E-state index in [9.17, 15) is 13.6 Å². The number of hydrogen-bond acceptors (Lipinski definition) is 6. The lowest BCUT2D eigenvalue weighted by Crippen LogP contribution is -2.06. The van der Waals surface area contributed by atoms with Crippen LogP contribution in [-0.4, -0.2) is 19.2 Å². The number of ether oxygens (including phenoxy) is 3. The molecule has 0 radical (unpaired) electrons. The topological polar surface area (TPSA) is 70.8 Å². The van der Waals surface area contributed by atoms with Crippen LogP contribution in [0.5, 0.6) is 23.0 Å². The van der Waals surface area contributed by atoms with E-state index in [-0.39, 0.29) is 17.0 Å². The van der Waals surface area contributed by atoms with Crippen molar-refractivity contribution in [1.82, 2.24) is 4.98 Å². The lowest BCUT2D eigenvalue weighted by molar-refractivity contribution is 0.414. The van der Waals surface area contributed by atoms with Gasteiger partial charge in [0, 0.05) is 28.3 Å². The minimum absolute atomic E-state index is 0.147. The van der Waals surface area contributed by atoms with Gasteiger partial charge in [-0.3, -0.25) is 0 Å². The van der Waals surface area contributed by atoms with Crippen LogP contribution in [0.4, 0.5) is 8.78 Å². The minimum atomic E-state index is -0.611. The van der Waals surface area contributed by atoms with Crippen LogP contribution < -0.4 is 19.8 Å². The van der Waals surface area contributed by atoms with Crippen LogP contribution in [0.15, 0.2) is 112 Å². The molecule has 8 heteroatoms. The van der Waals surface area contributed by atoms with E-state index in [1.165, 1.54) is 44.6 Å². The van der Waals surface area contributed by atoms with Crippen molar-refractivity contribution >= 4 is 11.1 Å². The Labute approximate surface area is 239 Å². The highest BCUT2D eigenvalue weighted by Gasteiger charge is 2.19. The van der Waals surface area contributed by atoms with Crippen LogP contribution in [0.2, 0.25) is 0 Å². The molecule has 0 aliphatic carbocycles. The third-order valence-electron chi connectivity index (χ3n) is 6.75. The third-order valence-corrected chi connectivity index (χ3v) is 6.75. The van der Waals surface area contributed by atoms with Crippen LogP contribution in [0.3, 0.4) is 0 Å². The average molecular weight is 564 g/mol. The Morgan fingerprint density at radius 3 is 2.14 bits per heavy atom. The maximum atomic E-state index is 14.5. The number of nitrogens with zero attached hydrogens (tertiary/aromatic N) is 1. The van der Waals surface area contributed by atoms with Gasteiger partial charge in [0.1, 0.15) is 40.1 Å². The Morgan fingerprint density at radius 1 is 0.667 bits per heavy atom. The van der Waals surface area contributed by atoms with E-state index in [2.05, 4.69) is 4.98 Å². The molecule has 6 aromatic rings. The summed E-state index contributed by atoms with van der Waals surface area (Å²) in [5, 5.41) is 0. The Kier molecular flexibility index (Phi) is 7.10. The molecular formula is C34H23F2NO5. The number of halogens is 2. The van der Waals surface area contributed by atoms with Crippen LogP contribution in [0, 0.1) is 11.6 Å². The van der Waals surface area contributed by atoms with Crippen molar-refractivity contribution in [2.75, 3.05) is 14.2 Å². The SMILES string of the molecule is COc1ccc(F)c(-c2ccc(Oc3cc4oc(=O)c(-c5ccccc5)nc4cc3-c3cc(F)ccc3OC)cc2)c1. The zero-order chi connectivity index (χ0) is 29.2. The van der Waals surface area contributed by atoms with Crippen molar-refractivity contribution in [3.63, 3.8) is 0 Å². The highest BCUT2D eigenvalue weighted by molar-refractivity contribution is 5.88. The second-order valence-electron chi connectivity index (χ2n) is 9.35. The summed E-state index contributed by atoms with van der Waals surface area (Å²) in [6.45, 7) is 0. The molecule has 0 bridgehead atoms. The Hall–Kier alpha value is -5.50. The van der Waals surface area contributed by atoms with E-state index >= 15 is 0 Å². The van der Waals surface area contributed by atoms with Crippen molar-refractivity contribution in [3.8, 4) is 56.5 Å². The molecule has 0 saturated heterocycles. The fourth-order valence-electron chi connectivity index (χ4n) is 4.68. The second kappa shape index (κ2) is 11.2. The third kappa shape index (κ3) is 5.17. The van der Waals surface area contributed by atoms with Crippen molar-refractivity contribution in [3.05, 3.63) is 125 Å². The maximum absolute atomic E-state index is 14.5. The zero-order valence-corrected chi connectivity index (χ0v) is 22.6. The number of benzene rings is 5. The molecule has 0 aliphatic heterocycles. The van der Waals surface area contributed by atoms with Crippen LogP contribution in [0.1, 0.15) is 0 Å². The molecule has 6 rings (SSSR count). The number of fused-ring (bicyclic) bond motifs is 1. The molecule has 0 fully saturated rings. The molecule has 0 N–H and O–H groups in total.